The average molecular weight is 470 g/mol. The molecule has 0 aromatic rings. The number of carbonyl (C=O) groups is 5. The van der Waals surface area contributed by atoms with Crippen molar-refractivity contribution in [2.45, 2.75) is 82.0 Å². The summed E-state index contributed by atoms with van der Waals surface area (Å²) >= 11 is 0. The third-order valence-corrected chi connectivity index (χ3v) is 6.21. The van der Waals surface area contributed by atoms with E-state index in [1.807, 2.05) is 0 Å². The number of nitrogens with two attached hydrogens (primary N) is 2. The monoisotopic (exact) mass is 469 g/mol. The molecule has 2 saturated heterocycles. The van der Waals surface area contributed by atoms with Crippen LogP contribution in [0.2, 0.25) is 0 Å². The molecule has 2 aliphatic rings. The van der Waals surface area contributed by atoms with Crippen LogP contribution in [0.1, 0.15) is 57.8 Å². The lowest BCUT2D eigenvalue weighted by Crippen LogP contribution is -2.56. The minimum absolute atomic E-state index is 0.145. The Balaban J connectivity index is 2.11. The van der Waals surface area contributed by atoms with Crippen molar-refractivity contribution < 1.29 is 34.2 Å². The Bertz CT molecular complexity index is 747. The quantitative estimate of drug-likeness (QED) is 0.219. The molecule has 7 N–H and O–H groups in total. The van der Waals surface area contributed by atoms with Gasteiger partial charge in [-0.1, -0.05) is 6.42 Å². The van der Waals surface area contributed by atoms with E-state index >= 15 is 0 Å². The van der Waals surface area contributed by atoms with Gasteiger partial charge in [0, 0.05) is 19.5 Å². The minimum atomic E-state index is -1.14. The standard InChI is InChI=1S/C21H35N5O7/c22-10-2-1-5-13(23)18(29)24-14(8-9-17(27)28)19(30)25-11-3-6-15(25)20(31)26-12-4-7-16(26)21(32)33/h13-16H,1-12,22-23H2,(H,24,29)(H,27,28)(H,32,33). The van der Waals surface area contributed by atoms with Crippen LogP contribution in [0.5, 0.6) is 0 Å². The van der Waals surface area contributed by atoms with Gasteiger partial charge in [-0.2, -0.15) is 0 Å². The molecule has 0 saturated carbocycles. The summed E-state index contributed by atoms with van der Waals surface area (Å²) in [4.78, 5) is 64.2. The van der Waals surface area contributed by atoms with Crippen molar-refractivity contribution >= 4 is 29.7 Å². The van der Waals surface area contributed by atoms with E-state index in [1.165, 1.54) is 9.80 Å². The number of rotatable bonds is 12. The van der Waals surface area contributed by atoms with Gasteiger partial charge in [-0.3, -0.25) is 19.2 Å². The van der Waals surface area contributed by atoms with Gasteiger partial charge >= 0.3 is 11.9 Å². The third kappa shape index (κ3) is 7.13. The van der Waals surface area contributed by atoms with Crippen LogP contribution in [0.3, 0.4) is 0 Å². The van der Waals surface area contributed by atoms with Gasteiger partial charge in [0.1, 0.15) is 18.1 Å². The fourth-order valence-electron chi connectivity index (χ4n) is 4.41. The number of carbonyl (C=O) groups excluding carboxylic acids is 3. The highest BCUT2D eigenvalue weighted by molar-refractivity contribution is 5.94. The van der Waals surface area contributed by atoms with E-state index in [1.54, 1.807) is 0 Å². The molecule has 12 heteroatoms. The van der Waals surface area contributed by atoms with E-state index < -0.39 is 53.8 Å². The summed E-state index contributed by atoms with van der Waals surface area (Å²) in [6, 6.07) is -3.76. The number of aliphatic carboxylic acids is 2. The van der Waals surface area contributed by atoms with Gasteiger partial charge in [0.05, 0.1) is 6.04 Å². The van der Waals surface area contributed by atoms with Gasteiger partial charge in [0.25, 0.3) is 0 Å². The molecule has 4 unspecified atom stereocenters. The fraction of sp³-hybridized carbons (Fsp3) is 0.762. The number of hydrogen-bond acceptors (Lipinski definition) is 7. The van der Waals surface area contributed by atoms with E-state index in [4.69, 9.17) is 16.6 Å². The number of hydrogen-bond donors (Lipinski definition) is 5. The van der Waals surface area contributed by atoms with Gasteiger partial charge in [0.2, 0.25) is 17.7 Å². The topological polar surface area (TPSA) is 196 Å². The van der Waals surface area contributed by atoms with Crippen molar-refractivity contribution in [3.05, 3.63) is 0 Å². The van der Waals surface area contributed by atoms with Crippen molar-refractivity contribution in [2.75, 3.05) is 19.6 Å². The molecule has 33 heavy (non-hydrogen) atoms. The first-order valence-electron chi connectivity index (χ1n) is 11.5. The lowest BCUT2D eigenvalue weighted by atomic mass is 10.1. The molecule has 2 fully saturated rings. The Morgan fingerprint density at radius 1 is 0.939 bits per heavy atom. The van der Waals surface area contributed by atoms with Crippen LogP contribution in [-0.2, 0) is 24.0 Å². The third-order valence-electron chi connectivity index (χ3n) is 6.21. The number of carboxylic acids is 2. The Morgan fingerprint density at radius 3 is 2.18 bits per heavy atom. The summed E-state index contributed by atoms with van der Waals surface area (Å²) < 4.78 is 0. The number of nitrogens with zero attached hydrogens (tertiary/aromatic N) is 2. The molecular weight excluding hydrogens is 434 g/mol. The van der Waals surface area contributed by atoms with Crippen LogP contribution in [0, 0.1) is 0 Å². The second kappa shape index (κ2) is 12.5. The highest BCUT2D eigenvalue weighted by atomic mass is 16.4. The van der Waals surface area contributed by atoms with Crippen molar-refractivity contribution in [3.8, 4) is 0 Å². The van der Waals surface area contributed by atoms with Crippen LogP contribution in [0.15, 0.2) is 0 Å². The molecule has 0 aromatic carbocycles. The summed E-state index contributed by atoms with van der Waals surface area (Å²) in [5.74, 6) is -3.74. The zero-order valence-corrected chi connectivity index (χ0v) is 18.8. The average Bonchev–Trinajstić information content (AvgIpc) is 3.45. The summed E-state index contributed by atoms with van der Waals surface area (Å²) in [6.07, 6.45) is 3.09. The summed E-state index contributed by atoms with van der Waals surface area (Å²) in [6.45, 7) is 1.05. The molecule has 186 valence electrons. The first-order chi connectivity index (χ1) is 15.7. The number of unbranched alkanes of at least 4 members (excludes halogenated alkanes) is 1. The number of carboxylic acid groups (broad SMARTS) is 2. The zero-order chi connectivity index (χ0) is 24.5. The van der Waals surface area contributed by atoms with Crippen molar-refractivity contribution in [1.29, 1.82) is 0 Å². The second-order valence-electron chi connectivity index (χ2n) is 8.60. The molecule has 2 aliphatic heterocycles. The van der Waals surface area contributed by atoms with E-state index in [9.17, 15) is 29.1 Å². The van der Waals surface area contributed by atoms with Crippen LogP contribution >= 0.6 is 0 Å². The molecule has 4 atom stereocenters. The van der Waals surface area contributed by atoms with E-state index in [-0.39, 0.29) is 19.4 Å². The Hall–Kier alpha value is -2.73. The van der Waals surface area contributed by atoms with Crippen molar-refractivity contribution in [3.63, 3.8) is 0 Å². The van der Waals surface area contributed by atoms with Gasteiger partial charge in [-0.25, -0.2) is 4.79 Å². The fourth-order valence-corrected chi connectivity index (χ4v) is 4.41. The number of likely N-dealkylation sites (tertiary alicyclic amines) is 2. The summed E-state index contributed by atoms with van der Waals surface area (Å²) in [7, 11) is 0. The smallest absolute Gasteiger partial charge is 0.326 e. The van der Waals surface area contributed by atoms with Gasteiger partial charge in [-0.15, -0.1) is 0 Å². The summed E-state index contributed by atoms with van der Waals surface area (Å²) in [5.41, 5.74) is 11.4. The van der Waals surface area contributed by atoms with Crippen molar-refractivity contribution in [1.82, 2.24) is 15.1 Å². The largest absolute Gasteiger partial charge is 0.481 e. The predicted octanol–water partition coefficient (Wildman–Crippen LogP) is -1.14. The number of amides is 3. The minimum Gasteiger partial charge on any atom is -0.481 e. The molecule has 2 rings (SSSR count). The maximum atomic E-state index is 13.3. The van der Waals surface area contributed by atoms with Gasteiger partial charge in [0.15, 0.2) is 0 Å². The van der Waals surface area contributed by atoms with E-state index in [0.717, 1.165) is 0 Å². The molecule has 12 nitrogen and oxygen atoms in total. The SMILES string of the molecule is NCCCCC(N)C(=O)NC(CCC(=O)O)C(=O)N1CCCC1C(=O)N1CCCC1C(=O)O. The van der Waals surface area contributed by atoms with Gasteiger partial charge in [-0.05, 0) is 51.5 Å². The molecule has 0 bridgehead atoms. The molecule has 0 aliphatic carbocycles. The highest BCUT2D eigenvalue weighted by Crippen LogP contribution is 2.26. The highest BCUT2D eigenvalue weighted by Gasteiger charge is 2.43. The Kier molecular flexibility index (Phi) is 10.0. The Morgan fingerprint density at radius 2 is 1.58 bits per heavy atom. The Labute approximate surface area is 192 Å². The van der Waals surface area contributed by atoms with E-state index in [2.05, 4.69) is 5.32 Å². The first-order valence-corrected chi connectivity index (χ1v) is 11.5. The maximum absolute atomic E-state index is 13.3. The van der Waals surface area contributed by atoms with Crippen LogP contribution in [0.4, 0.5) is 0 Å². The zero-order valence-electron chi connectivity index (χ0n) is 18.8. The number of nitrogens with one attached hydrogen (secondary N) is 1. The lowest BCUT2D eigenvalue weighted by molar-refractivity contribution is -0.152. The van der Waals surface area contributed by atoms with Crippen LogP contribution in [0.25, 0.3) is 0 Å². The van der Waals surface area contributed by atoms with Gasteiger partial charge < -0.3 is 36.8 Å². The predicted molar refractivity (Wildman–Crippen MR) is 117 cm³/mol. The molecule has 0 spiro atoms. The van der Waals surface area contributed by atoms with Crippen LogP contribution in [-0.4, -0.2) is 93.5 Å². The molecular formula is C21H35N5O7. The normalized spacial score (nSPS) is 22.1. The molecule has 0 aromatic heterocycles. The maximum Gasteiger partial charge on any atom is 0.326 e. The van der Waals surface area contributed by atoms with Crippen molar-refractivity contribution in [2.24, 2.45) is 11.5 Å². The molecule has 0 radical (unpaired) electrons. The second-order valence-corrected chi connectivity index (χ2v) is 8.60. The van der Waals surface area contributed by atoms with E-state index in [0.29, 0.717) is 58.0 Å². The lowest BCUT2D eigenvalue weighted by Gasteiger charge is -2.32. The molecule has 3 amide bonds. The van der Waals surface area contributed by atoms with Crippen LogP contribution < -0.4 is 16.8 Å². The molecule has 2 heterocycles. The summed E-state index contributed by atoms with van der Waals surface area (Å²) in [5, 5.41) is 21.0. The first kappa shape index (κ1) is 26.5.